The number of anilines is 3. The third kappa shape index (κ3) is 5.64. The lowest BCUT2D eigenvalue weighted by Gasteiger charge is -2.31. The second-order valence-corrected chi connectivity index (χ2v) is 9.46. The van der Waals surface area contributed by atoms with Gasteiger partial charge in [0.05, 0.1) is 5.69 Å². The molecule has 1 aromatic carbocycles. The maximum atomic E-state index is 5.52. The molecule has 0 amide bonds. The van der Waals surface area contributed by atoms with E-state index >= 15 is 0 Å². The Bertz CT molecular complexity index is 903. The number of hydrogen-bond acceptors (Lipinski definition) is 5. The van der Waals surface area contributed by atoms with Crippen molar-refractivity contribution in [3.05, 3.63) is 41.1 Å². The van der Waals surface area contributed by atoms with Crippen LogP contribution < -0.4 is 20.9 Å². The van der Waals surface area contributed by atoms with Gasteiger partial charge < -0.3 is 20.9 Å². The van der Waals surface area contributed by atoms with Crippen molar-refractivity contribution >= 4 is 34.8 Å². The zero-order valence-corrected chi connectivity index (χ0v) is 19.7. The summed E-state index contributed by atoms with van der Waals surface area (Å²) in [4.78, 5) is 11.9. The van der Waals surface area contributed by atoms with Gasteiger partial charge in [-0.05, 0) is 82.6 Å². The van der Waals surface area contributed by atoms with Gasteiger partial charge >= 0.3 is 0 Å². The van der Waals surface area contributed by atoms with Crippen LogP contribution in [0.3, 0.4) is 0 Å². The predicted octanol–water partition coefficient (Wildman–Crippen LogP) is 4.44. The standard InChI is InChI=1S/C24H34N6S/c1-16-8-10-18(11-9-16)26-24(31)27-19-14-12-17(13-15-19)25-23-28-21-7-5-4-6-20(21)22(29-23)30(2)3/h8-11,17,19H,4-7,12-15H2,1-3H3,(H,25,28,29)(H2,26,27,31). The summed E-state index contributed by atoms with van der Waals surface area (Å²) in [6.45, 7) is 2.09. The second kappa shape index (κ2) is 9.81. The number of nitrogens with one attached hydrogen (secondary N) is 3. The molecule has 1 heterocycles. The van der Waals surface area contributed by atoms with E-state index in [4.69, 9.17) is 22.2 Å². The maximum absolute atomic E-state index is 5.52. The van der Waals surface area contributed by atoms with Crippen LogP contribution in [0.1, 0.15) is 55.3 Å². The number of fused-ring (bicyclic) bond motifs is 1. The van der Waals surface area contributed by atoms with E-state index in [9.17, 15) is 0 Å². The predicted molar refractivity (Wildman–Crippen MR) is 133 cm³/mol. The van der Waals surface area contributed by atoms with Gasteiger partial charge in [0.25, 0.3) is 0 Å². The zero-order valence-electron chi connectivity index (χ0n) is 18.9. The fourth-order valence-electron chi connectivity index (χ4n) is 4.56. The highest BCUT2D eigenvalue weighted by atomic mass is 32.1. The molecular formula is C24H34N6S. The van der Waals surface area contributed by atoms with E-state index in [2.05, 4.69) is 66.1 Å². The van der Waals surface area contributed by atoms with E-state index in [1.54, 1.807) is 0 Å². The summed E-state index contributed by atoms with van der Waals surface area (Å²) in [5.41, 5.74) is 4.84. The molecule has 6 nitrogen and oxygen atoms in total. The molecule has 0 saturated heterocycles. The Morgan fingerprint density at radius 2 is 1.65 bits per heavy atom. The molecule has 0 aliphatic heterocycles. The SMILES string of the molecule is Cc1ccc(NC(=S)NC2CCC(Nc3nc4c(c(N(C)C)n3)CCCC4)CC2)cc1. The molecule has 3 N–H and O–H groups in total. The number of nitrogens with zero attached hydrogens (tertiary/aromatic N) is 3. The van der Waals surface area contributed by atoms with Crippen molar-refractivity contribution in [2.24, 2.45) is 0 Å². The molecule has 7 heteroatoms. The topological polar surface area (TPSA) is 65.1 Å². The van der Waals surface area contributed by atoms with Crippen molar-refractivity contribution in [3.63, 3.8) is 0 Å². The minimum absolute atomic E-state index is 0.408. The second-order valence-electron chi connectivity index (χ2n) is 9.05. The Hall–Kier alpha value is -2.41. The molecule has 1 aromatic heterocycles. The van der Waals surface area contributed by atoms with Crippen molar-refractivity contribution in [3.8, 4) is 0 Å². The number of thiocarbonyl (C=S) groups is 1. The van der Waals surface area contributed by atoms with Gasteiger partial charge in [-0.15, -0.1) is 0 Å². The van der Waals surface area contributed by atoms with E-state index in [0.717, 1.165) is 56.0 Å². The molecule has 0 unspecified atom stereocenters. The molecule has 1 fully saturated rings. The van der Waals surface area contributed by atoms with Crippen LogP contribution in [0.5, 0.6) is 0 Å². The molecule has 2 aromatic rings. The molecule has 0 bridgehead atoms. The lowest BCUT2D eigenvalue weighted by molar-refractivity contribution is 0.387. The monoisotopic (exact) mass is 438 g/mol. The van der Waals surface area contributed by atoms with Crippen LogP contribution >= 0.6 is 12.2 Å². The minimum atomic E-state index is 0.408. The quantitative estimate of drug-likeness (QED) is 0.597. The highest BCUT2D eigenvalue weighted by molar-refractivity contribution is 7.80. The van der Waals surface area contributed by atoms with Crippen LogP contribution in [0.4, 0.5) is 17.5 Å². The van der Waals surface area contributed by atoms with E-state index in [0.29, 0.717) is 17.2 Å². The summed E-state index contributed by atoms with van der Waals surface area (Å²) < 4.78 is 0. The van der Waals surface area contributed by atoms with E-state index < -0.39 is 0 Å². The number of hydrogen-bond donors (Lipinski definition) is 3. The molecule has 0 spiro atoms. The highest BCUT2D eigenvalue weighted by Crippen LogP contribution is 2.29. The largest absolute Gasteiger partial charge is 0.362 e. The molecule has 31 heavy (non-hydrogen) atoms. The van der Waals surface area contributed by atoms with Gasteiger partial charge in [-0.25, -0.2) is 4.98 Å². The summed E-state index contributed by atoms with van der Waals surface area (Å²) in [6, 6.07) is 9.12. The Labute approximate surface area is 191 Å². The third-order valence-electron chi connectivity index (χ3n) is 6.29. The van der Waals surface area contributed by atoms with E-state index in [-0.39, 0.29) is 0 Å². The van der Waals surface area contributed by atoms with Crippen LogP contribution in [0.15, 0.2) is 24.3 Å². The summed E-state index contributed by atoms with van der Waals surface area (Å²) in [7, 11) is 4.15. The Kier molecular flexibility index (Phi) is 6.90. The lowest BCUT2D eigenvalue weighted by Crippen LogP contribution is -2.42. The average Bonchev–Trinajstić information content (AvgIpc) is 2.76. The fourth-order valence-corrected chi connectivity index (χ4v) is 4.85. The Morgan fingerprint density at radius 3 is 2.35 bits per heavy atom. The molecule has 0 radical (unpaired) electrons. The first-order valence-electron chi connectivity index (χ1n) is 11.5. The van der Waals surface area contributed by atoms with Crippen molar-refractivity contribution in [1.82, 2.24) is 15.3 Å². The average molecular weight is 439 g/mol. The number of benzene rings is 1. The van der Waals surface area contributed by atoms with Crippen molar-refractivity contribution in [2.45, 2.75) is 70.4 Å². The highest BCUT2D eigenvalue weighted by Gasteiger charge is 2.24. The van der Waals surface area contributed by atoms with Gasteiger partial charge in [0.2, 0.25) is 5.95 Å². The van der Waals surface area contributed by atoms with E-state index in [1.807, 2.05) is 0 Å². The third-order valence-corrected chi connectivity index (χ3v) is 6.51. The summed E-state index contributed by atoms with van der Waals surface area (Å²) in [6.07, 6.45) is 8.96. The Balaban J connectivity index is 1.29. The van der Waals surface area contributed by atoms with Gasteiger partial charge in [-0.3, -0.25) is 0 Å². The smallest absolute Gasteiger partial charge is 0.225 e. The van der Waals surface area contributed by atoms with Gasteiger partial charge in [0, 0.05) is 37.4 Å². The van der Waals surface area contributed by atoms with Crippen LogP contribution in [0.25, 0.3) is 0 Å². The van der Waals surface area contributed by atoms with Crippen LogP contribution in [-0.2, 0) is 12.8 Å². The van der Waals surface area contributed by atoms with E-state index in [1.165, 1.54) is 29.7 Å². The minimum Gasteiger partial charge on any atom is -0.362 e. The molecule has 1 saturated carbocycles. The first-order valence-corrected chi connectivity index (χ1v) is 11.9. The number of rotatable bonds is 5. The normalized spacial score (nSPS) is 20.5. The molecule has 4 rings (SSSR count). The molecular weight excluding hydrogens is 404 g/mol. The molecule has 166 valence electrons. The Morgan fingerprint density at radius 1 is 0.968 bits per heavy atom. The van der Waals surface area contributed by atoms with Crippen LogP contribution in [0, 0.1) is 6.92 Å². The first kappa shape index (κ1) is 21.8. The number of aromatic nitrogens is 2. The van der Waals surface area contributed by atoms with Crippen molar-refractivity contribution in [2.75, 3.05) is 29.6 Å². The fraction of sp³-hybridized carbons (Fsp3) is 0.542. The first-order chi connectivity index (χ1) is 15.0. The van der Waals surface area contributed by atoms with Crippen molar-refractivity contribution in [1.29, 1.82) is 0 Å². The summed E-state index contributed by atoms with van der Waals surface area (Å²) in [5.74, 6) is 1.87. The van der Waals surface area contributed by atoms with Crippen LogP contribution in [-0.4, -0.2) is 41.3 Å². The molecule has 2 aliphatic carbocycles. The molecule has 0 atom stereocenters. The van der Waals surface area contributed by atoms with Gasteiger partial charge in [0.15, 0.2) is 5.11 Å². The van der Waals surface area contributed by atoms with Crippen molar-refractivity contribution < 1.29 is 0 Å². The van der Waals surface area contributed by atoms with Gasteiger partial charge in [0.1, 0.15) is 5.82 Å². The molecule has 2 aliphatic rings. The lowest BCUT2D eigenvalue weighted by atomic mass is 9.91. The van der Waals surface area contributed by atoms with Gasteiger partial charge in [-0.1, -0.05) is 17.7 Å². The summed E-state index contributed by atoms with van der Waals surface area (Å²) in [5, 5.41) is 11.1. The van der Waals surface area contributed by atoms with Crippen LogP contribution in [0.2, 0.25) is 0 Å². The maximum Gasteiger partial charge on any atom is 0.225 e. The number of aryl methyl sites for hydroxylation is 2. The zero-order chi connectivity index (χ0) is 21.8. The van der Waals surface area contributed by atoms with Gasteiger partial charge in [-0.2, -0.15) is 4.98 Å². The summed E-state index contributed by atoms with van der Waals surface area (Å²) >= 11 is 5.52.